The summed E-state index contributed by atoms with van der Waals surface area (Å²) in [5, 5.41) is 10.4. The number of aliphatic hydroxyl groups excluding tert-OH is 1. The van der Waals surface area contributed by atoms with Gasteiger partial charge in [-0.1, -0.05) is 29.3 Å². The zero-order chi connectivity index (χ0) is 13.0. The maximum atomic E-state index is 8.93. The Morgan fingerprint density at radius 1 is 1.28 bits per heavy atom. The molecule has 1 heterocycles. The van der Waals surface area contributed by atoms with Crippen molar-refractivity contribution in [3.8, 4) is 0 Å². The van der Waals surface area contributed by atoms with Gasteiger partial charge in [0.15, 0.2) is 0 Å². The number of rotatable bonds is 5. The lowest BCUT2D eigenvalue weighted by atomic mass is 10.1. The van der Waals surface area contributed by atoms with Gasteiger partial charge in [-0.25, -0.2) is 0 Å². The topological polar surface area (TPSA) is 23.5 Å². The highest BCUT2D eigenvalue weighted by Crippen LogP contribution is 2.29. The molecule has 0 amide bonds. The summed E-state index contributed by atoms with van der Waals surface area (Å²) in [7, 11) is 0. The molecule has 1 N–H and O–H groups in total. The predicted octanol–water partition coefficient (Wildman–Crippen LogP) is 3.73. The Labute approximate surface area is 119 Å². The van der Waals surface area contributed by atoms with Crippen molar-refractivity contribution in [2.75, 3.05) is 13.2 Å². The molecule has 1 aliphatic rings. The van der Waals surface area contributed by atoms with E-state index in [9.17, 15) is 0 Å². The zero-order valence-corrected chi connectivity index (χ0v) is 11.9. The van der Waals surface area contributed by atoms with E-state index in [2.05, 4.69) is 4.90 Å². The third kappa shape index (κ3) is 3.39. The van der Waals surface area contributed by atoms with Crippen LogP contribution in [0.2, 0.25) is 10.0 Å². The molecular formula is C14H19Cl2NO. The van der Waals surface area contributed by atoms with Crippen molar-refractivity contribution in [2.45, 2.75) is 38.3 Å². The second-order valence-corrected chi connectivity index (χ2v) is 5.65. The van der Waals surface area contributed by atoms with E-state index in [1.54, 1.807) is 0 Å². The number of likely N-dealkylation sites (tertiary alicyclic amines) is 1. The smallest absolute Gasteiger partial charge is 0.0465 e. The van der Waals surface area contributed by atoms with Crippen molar-refractivity contribution in [3.63, 3.8) is 0 Å². The summed E-state index contributed by atoms with van der Waals surface area (Å²) in [6.45, 7) is 2.18. The van der Waals surface area contributed by atoms with Crippen molar-refractivity contribution in [3.05, 3.63) is 33.8 Å². The number of hydrogen-bond donors (Lipinski definition) is 1. The lowest BCUT2D eigenvalue weighted by Gasteiger charge is -2.25. The molecule has 0 saturated carbocycles. The fraction of sp³-hybridized carbons (Fsp3) is 0.571. The highest BCUT2D eigenvalue weighted by molar-refractivity contribution is 6.35. The number of nitrogens with zero attached hydrogens (tertiary/aromatic N) is 1. The first-order valence-electron chi connectivity index (χ1n) is 6.50. The van der Waals surface area contributed by atoms with E-state index in [0.29, 0.717) is 6.04 Å². The lowest BCUT2D eigenvalue weighted by Crippen LogP contribution is -2.29. The molecule has 0 radical (unpaired) electrons. The molecule has 2 nitrogen and oxygen atoms in total. The van der Waals surface area contributed by atoms with Gasteiger partial charge in [0.2, 0.25) is 0 Å². The molecule has 0 spiro atoms. The van der Waals surface area contributed by atoms with Crippen LogP contribution >= 0.6 is 23.2 Å². The number of hydrogen-bond acceptors (Lipinski definition) is 2. The van der Waals surface area contributed by atoms with E-state index < -0.39 is 0 Å². The summed E-state index contributed by atoms with van der Waals surface area (Å²) in [6.07, 6.45) is 4.36. The molecule has 100 valence electrons. The van der Waals surface area contributed by atoms with Crippen LogP contribution in [-0.4, -0.2) is 29.2 Å². The first-order valence-corrected chi connectivity index (χ1v) is 7.25. The standard InChI is InChI=1S/C14H19Cl2NO/c15-13-6-1-7-14(16)12(13)10-17-8-2-4-11(17)5-3-9-18/h1,6-7,11,18H,2-5,8-10H2. The van der Waals surface area contributed by atoms with Crippen molar-refractivity contribution in [1.29, 1.82) is 0 Å². The normalized spacial score (nSPS) is 20.5. The van der Waals surface area contributed by atoms with E-state index >= 15 is 0 Å². The Hall–Kier alpha value is -0.280. The number of aliphatic hydroxyl groups is 1. The summed E-state index contributed by atoms with van der Waals surface area (Å²) >= 11 is 12.4. The van der Waals surface area contributed by atoms with Gasteiger partial charge in [-0.2, -0.15) is 0 Å². The Balaban J connectivity index is 2.03. The van der Waals surface area contributed by atoms with E-state index in [1.165, 1.54) is 12.8 Å². The fourth-order valence-corrected chi connectivity index (χ4v) is 3.16. The van der Waals surface area contributed by atoms with Crippen molar-refractivity contribution in [2.24, 2.45) is 0 Å². The first-order chi connectivity index (χ1) is 8.72. The summed E-state index contributed by atoms with van der Waals surface area (Å²) in [5.41, 5.74) is 1.02. The third-order valence-corrected chi connectivity index (χ3v) is 4.33. The molecule has 1 aromatic carbocycles. The average molecular weight is 288 g/mol. The van der Waals surface area contributed by atoms with E-state index in [-0.39, 0.29) is 6.61 Å². The van der Waals surface area contributed by atoms with E-state index in [1.807, 2.05) is 18.2 Å². The Kier molecular flexibility index (Phi) is 5.31. The van der Waals surface area contributed by atoms with E-state index in [0.717, 1.165) is 41.5 Å². The molecule has 0 bridgehead atoms. The van der Waals surface area contributed by atoms with Crippen LogP contribution in [0.25, 0.3) is 0 Å². The molecule has 4 heteroatoms. The van der Waals surface area contributed by atoms with Gasteiger partial charge in [0.1, 0.15) is 0 Å². The van der Waals surface area contributed by atoms with Crippen LogP contribution in [0.4, 0.5) is 0 Å². The summed E-state index contributed by atoms with van der Waals surface area (Å²) in [5.74, 6) is 0. The van der Waals surface area contributed by atoms with Crippen molar-refractivity contribution < 1.29 is 5.11 Å². The van der Waals surface area contributed by atoms with E-state index in [4.69, 9.17) is 28.3 Å². The summed E-state index contributed by atoms with van der Waals surface area (Å²) in [4.78, 5) is 2.43. The summed E-state index contributed by atoms with van der Waals surface area (Å²) in [6, 6.07) is 6.22. The monoisotopic (exact) mass is 287 g/mol. The number of benzene rings is 1. The van der Waals surface area contributed by atoms with Gasteiger partial charge in [0.05, 0.1) is 0 Å². The van der Waals surface area contributed by atoms with Crippen molar-refractivity contribution >= 4 is 23.2 Å². The molecule has 1 aliphatic heterocycles. The van der Waals surface area contributed by atoms with Crippen LogP contribution < -0.4 is 0 Å². The van der Waals surface area contributed by atoms with Gasteiger partial charge in [-0.3, -0.25) is 4.90 Å². The van der Waals surface area contributed by atoms with Gasteiger partial charge in [-0.15, -0.1) is 0 Å². The van der Waals surface area contributed by atoms with Crippen LogP contribution in [0.3, 0.4) is 0 Å². The maximum Gasteiger partial charge on any atom is 0.0465 e. The lowest BCUT2D eigenvalue weighted by molar-refractivity contribution is 0.210. The van der Waals surface area contributed by atoms with Crippen LogP contribution in [0.1, 0.15) is 31.2 Å². The molecule has 2 rings (SSSR count). The van der Waals surface area contributed by atoms with Gasteiger partial charge in [0.25, 0.3) is 0 Å². The van der Waals surface area contributed by atoms with Crippen molar-refractivity contribution in [1.82, 2.24) is 4.90 Å². The molecule has 18 heavy (non-hydrogen) atoms. The molecule has 1 saturated heterocycles. The highest BCUT2D eigenvalue weighted by atomic mass is 35.5. The predicted molar refractivity (Wildman–Crippen MR) is 76.2 cm³/mol. The molecule has 1 unspecified atom stereocenters. The minimum absolute atomic E-state index is 0.275. The van der Waals surface area contributed by atoms with Gasteiger partial charge in [-0.05, 0) is 44.4 Å². The third-order valence-electron chi connectivity index (χ3n) is 3.62. The SMILES string of the molecule is OCCCC1CCCN1Cc1c(Cl)cccc1Cl. The Morgan fingerprint density at radius 2 is 2.00 bits per heavy atom. The zero-order valence-electron chi connectivity index (χ0n) is 10.4. The fourth-order valence-electron chi connectivity index (χ4n) is 2.64. The molecule has 1 aromatic rings. The van der Waals surface area contributed by atoms with Crippen LogP contribution in [0.15, 0.2) is 18.2 Å². The Morgan fingerprint density at radius 3 is 2.67 bits per heavy atom. The van der Waals surface area contributed by atoms with Crippen LogP contribution in [-0.2, 0) is 6.54 Å². The number of halogens is 2. The largest absolute Gasteiger partial charge is 0.396 e. The maximum absolute atomic E-state index is 8.93. The molecule has 0 aromatic heterocycles. The minimum atomic E-state index is 0.275. The quantitative estimate of drug-likeness (QED) is 0.892. The van der Waals surface area contributed by atoms with Gasteiger partial charge in [0, 0.05) is 34.8 Å². The Bertz CT molecular complexity index is 377. The van der Waals surface area contributed by atoms with Crippen LogP contribution in [0, 0.1) is 0 Å². The molecule has 1 fully saturated rings. The van der Waals surface area contributed by atoms with Crippen LogP contribution in [0.5, 0.6) is 0 Å². The second-order valence-electron chi connectivity index (χ2n) is 4.83. The molecular weight excluding hydrogens is 269 g/mol. The molecule has 0 aliphatic carbocycles. The minimum Gasteiger partial charge on any atom is -0.396 e. The van der Waals surface area contributed by atoms with Gasteiger partial charge >= 0.3 is 0 Å². The summed E-state index contributed by atoms with van der Waals surface area (Å²) < 4.78 is 0. The second kappa shape index (κ2) is 6.76. The molecule has 1 atom stereocenters. The first kappa shape index (κ1) is 14.1. The average Bonchev–Trinajstić information content (AvgIpc) is 2.79. The highest BCUT2D eigenvalue weighted by Gasteiger charge is 2.25. The van der Waals surface area contributed by atoms with Gasteiger partial charge < -0.3 is 5.11 Å².